The van der Waals surface area contributed by atoms with Crippen LogP contribution in [-0.2, 0) is 13.1 Å². The first-order valence-corrected chi connectivity index (χ1v) is 8.96. The van der Waals surface area contributed by atoms with Gasteiger partial charge in [-0.05, 0) is 49.4 Å². The molecule has 0 bridgehead atoms. The zero-order valence-corrected chi connectivity index (χ0v) is 17.7. The molecule has 1 aromatic carbocycles. The van der Waals surface area contributed by atoms with E-state index in [0.29, 0.717) is 0 Å². The second-order valence-electron chi connectivity index (χ2n) is 6.58. The SMILES string of the molecule is CCCNC(=NC)NCc1ccccc1CN1CCC(C)CC1.I. The van der Waals surface area contributed by atoms with Gasteiger partial charge >= 0.3 is 0 Å². The van der Waals surface area contributed by atoms with E-state index in [1.54, 1.807) is 0 Å². The molecule has 0 atom stereocenters. The Morgan fingerprint density at radius 3 is 2.46 bits per heavy atom. The lowest BCUT2D eigenvalue weighted by molar-refractivity contribution is 0.185. The summed E-state index contributed by atoms with van der Waals surface area (Å²) in [5, 5.41) is 6.75. The molecule has 1 fully saturated rings. The molecule has 0 spiro atoms. The summed E-state index contributed by atoms with van der Waals surface area (Å²) in [6.07, 6.45) is 3.76. The summed E-state index contributed by atoms with van der Waals surface area (Å²) in [7, 11) is 1.83. The predicted octanol–water partition coefficient (Wildman–Crippen LogP) is 3.61. The number of aliphatic imine (C=N–C) groups is 1. The molecule has 1 aromatic rings. The number of rotatable bonds is 6. The third-order valence-electron chi connectivity index (χ3n) is 4.60. The molecule has 0 amide bonds. The van der Waals surface area contributed by atoms with Gasteiger partial charge in [0.15, 0.2) is 5.96 Å². The largest absolute Gasteiger partial charge is 0.356 e. The minimum absolute atomic E-state index is 0. The third kappa shape index (κ3) is 6.97. The van der Waals surface area contributed by atoms with Crippen LogP contribution in [0.2, 0.25) is 0 Å². The number of likely N-dealkylation sites (tertiary alicyclic amines) is 1. The average molecular weight is 444 g/mol. The number of benzene rings is 1. The minimum atomic E-state index is 0. The Kier molecular flexibility index (Phi) is 10.3. The molecule has 2 N–H and O–H groups in total. The van der Waals surface area contributed by atoms with Crippen LogP contribution >= 0.6 is 24.0 Å². The molecule has 1 aliphatic heterocycles. The fraction of sp³-hybridized carbons (Fsp3) is 0.632. The Morgan fingerprint density at radius 1 is 1.17 bits per heavy atom. The molecular weight excluding hydrogens is 411 g/mol. The van der Waals surface area contributed by atoms with Gasteiger partial charge in [-0.1, -0.05) is 38.1 Å². The van der Waals surface area contributed by atoms with Gasteiger partial charge in [-0.3, -0.25) is 9.89 Å². The van der Waals surface area contributed by atoms with Gasteiger partial charge in [-0.25, -0.2) is 0 Å². The summed E-state index contributed by atoms with van der Waals surface area (Å²) in [6.45, 7) is 9.81. The van der Waals surface area contributed by atoms with Crippen LogP contribution in [0.25, 0.3) is 0 Å². The summed E-state index contributed by atoms with van der Waals surface area (Å²) >= 11 is 0. The van der Waals surface area contributed by atoms with Crippen molar-refractivity contribution in [1.29, 1.82) is 0 Å². The highest BCUT2D eigenvalue weighted by atomic mass is 127. The van der Waals surface area contributed by atoms with Crippen molar-refractivity contribution >= 4 is 29.9 Å². The Labute approximate surface area is 164 Å². The van der Waals surface area contributed by atoms with E-state index in [-0.39, 0.29) is 24.0 Å². The molecule has 4 nitrogen and oxygen atoms in total. The molecule has 5 heteroatoms. The van der Waals surface area contributed by atoms with Gasteiger partial charge in [0.2, 0.25) is 0 Å². The Bertz CT molecular complexity index is 496. The van der Waals surface area contributed by atoms with E-state index in [1.807, 2.05) is 7.05 Å². The molecule has 0 unspecified atom stereocenters. The quantitative estimate of drug-likeness (QED) is 0.400. The van der Waals surface area contributed by atoms with E-state index in [4.69, 9.17) is 0 Å². The van der Waals surface area contributed by atoms with E-state index in [9.17, 15) is 0 Å². The van der Waals surface area contributed by atoms with E-state index < -0.39 is 0 Å². The number of guanidine groups is 1. The zero-order chi connectivity index (χ0) is 16.5. The third-order valence-corrected chi connectivity index (χ3v) is 4.60. The van der Waals surface area contributed by atoms with Crippen LogP contribution in [-0.4, -0.2) is 37.5 Å². The van der Waals surface area contributed by atoms with Crippen LogP contribution < -0.4 is 10.6 Å². The van der Waals surface area contributed by atoms with Crippen molar-refractivity contribution in [3.63, 3.8) is 0 Å². The summed E-state index contributed by atoms with van der Waals surface area (Å²) in [6, 6.07) is 8.76. The molecule has 24 heavy (non-hydrogen) atoms. The maximum Gasteiger partial charge on any atom is 0.191 e. The highest BCUT2D eigenvalue weighted by Gasteiger charge is 2.16. The van der Waals surface area contributed by atoms with Crippen molar-refractivity contribution < 1.29 is 0 Å². The molecule has 136 valence electrons. The van der Waals surface area contributed by atoms with Gasteiger partial charge in [0.05, 0.1) is 0 Å². The van der Waals surface area contributed by atoms with E-state index in [2.05, 4.69) is 58.6 Å². The summed E-state index contributed by atoms with van der Waals surface area (Å²) in [4.78, 5) is 6.86. The molecule has 1 aliphatic rings. The summed E-state index contributed by atoms with van der Waals surface area (Å²) < 4.78 is 0. The van der Waals surface area contributed by atoms with Crippen LogP contribution in [0.5, 0.6) is 0 Å². The van der Waals surface area contributed by atoms with Crippen LogP contribution in [0.15, 0.2) is 29.3 Å². The minimum Gasteiger partial charge on any atom is -0.356 e. The first kappa shape index (κ1) is 21.2. The lowest BCUT2D eigenvalue weighted by Crippen LogP contribution is -2.37. The van der Waals surface area contributed by atoms with Crippen molar-refractivity contribution in [1.82, 2.24) is 15.5 Å². The highest BCUT2D eigenvalue weighted by molar-refractivity contribution is 14.0. The number of hydrogen-bond donors (Lipinski definition) is 2. The number of nitrogens with one attached hydrogen (secondary N) is 2. The lowest BCUT2D eigenvalue weighted by Gasteiger charge is -2.30. The molecule has 0 aliphatic carbocycles. The average Bonchev–Trinajstić information content (AvgIpc) is 2.58. The monoisotopic (exact) mass is 444 g/mol. The zero-order valence-electron chi connectivity index (χ0n) is 15.3. The molecule has 2 rings (SSSR count). The van der Waals surface area contributed by atoms with Crippen LogP contribution in [0, 0.1) is 5.92 Å². The van der Waals surface area contributed by atoms with Gasteiger partial charge in [-0.15, -0.1) is 24.0 Å². The smallest absolute Gasteiger partial charge is 0.191 e. The number of nitrogens with zero attached hydrogens (tertiary/aromatic N) is 2. The first-order valence-electron chi connectivity index (χ1n) is 8.96. The summed E-state index contributed by atoms with van der Waals surface area (Å²) in [5.41, 5.74) is 2.80. The topological polar surface area (TPSA) is 39.7 Å². The molecule has 0 aromatic heterocycles. The lowest BCUT2D eigenvalue weighted by atomic mass is 9.98. The van der Waals surface area contributed by atoms with Crippen molar-refractivity contribution in [3.8, 4) is 0 Å². The number of halogens is 1. The van der Waals surface area contributed by atoms with Crippen molar-refractivity contribution in [3.05, 3.63) is 35.4 Å². The normalized spacial score (nSPS) is 16.5. The molecule has 0 radical (unpaired) electrons. The fourth-order valence-corrected chi connectivity index (χ4v) is 2.99. The predicted molar refractivity (Wildman–Crippen MR) is 114 cm³/mol. The summed E-state index contributed by atoms with van der Waals surface area (Å²) in [5.74, 6) is 1.77. The Balaban J connectivity index is 0.00000288. The first-order chi connectivity index (χ1) is 11.2. The van der Waals surface area contributed by atoms with E-state index in [0.717, 1.165) is 37.9 Å². The maximum atomic E-state index is 4.28. The van der Waals surface area contributed by atoms with Crippen molar-refractivity contribution in [2.45, 2.75) is 46.2 Å². The fourth-order valence-electron chi connectivity index (χ4n) is 2.99. The van der Waals surface area contributed by atoms with Gasteiger partial charge in [0.1, 0.15) is 0 Å². The van der Waals surface area contributed by atoms with Gasteiger partial charge in [-0.2, -0.15) is 0 Å². The second-order valence-corrected chi connectivity index (χ2v) is 6.58. The van der Waals surface area contributed by atoms with E-state index in [1.165, 1.54) is 37.1 Å². The van der Waals surface area contributed by atoms with Crippen LogP contribution in [0.3, 0.4) is 0 Å². The van der Waals surface area contributed by atoms with Crippen LogP contribution in [0.1, 0.15) is 44.2 Å². The van der Waals surface area contributed by atoms with E-state index >= 15 is 0 Å². The number of hydrogen-bond acceptors (Lipinski definition) is 2. The Hall–Kier alpha value is -0.820. The molecule has 1 saturated heterocycles. The number of piperidine rings is 1. The standard InChI is InChI=1S/C19H32N4.HI/c1-4-11-21-19(20-3)22-14-17-7-5-6-8-18(17)15-23-12-9-16(2)10-13-23;/h5-8,16H,4,9-15H2,1-3H3,(H2,20,21,22);1H. The molecular formula is C19H33IN4. The van der Waals surface area contributed by atoms with Crippen molar-refractivity contribution in [2.75, 3.05) is 26.7 Å². The second kappa shape index (κ2) is 11.7. The Morgan fingerprint density at radius 2 is 1.83 bits per heavy atom. The van der Waals surface area contributed by atoms with Crippen LogP contribution in [0.4, 0.5) is 0 Å². The molecule has 0 saturated carbocycles. The van der Waals surface area contributed by atoms with Gasteiger partial charge in [0, 0.05) is 26.7 Å². The van der Waals surface area contributed by atoms with Crippen molar-refractivity contribution in [2.24, 2.45) is 10.9 Å². The highest BCUT2D eigenvalue weighted by Crippen LogP contribution is 2.19. The molecule has 1 heterocycles. The van der Waals surface area contributed by atoms with Gasteiger partial charge < -0.3 is 10.6 Å². The maximum absolute atomic E-state index is 4.28. The van der Waals surface area contributed by atoms with Gasteiger partial charge in [0.25, 0.3) is 0 Å².